The fourth-order valence-corrected chi connectivity index (χ4v) is 3.68. The van der Waals surface area contributed by atoms with Gasteiger partial charge in [-0.15, -0.1) is 11.3 Å². The predicted molar refractivity (Wildman–Crippen MR) is 84.8 cm³/mol. The van der Waals surface area contributed by atoms with E-state index in [0.717, 1.165) is 10.1 Å². The molecule has 0 saturated carbocycles. The predicted octanol–water partition coefficient (Wildman–Crippen LogP) is 2.12. The van der Waals surface area contributed by atoms with Crippen LogP contribution in [0.5, 0.6) is 0 Å². The number of nitrogens with one attached hydrogen (secondary N) is 1. The normalized spacial score (nSPS) is 12.1. The van der Waals surface area contributed by atoms with Gasteiger partial charge in [-0.1, -0.05) is 18.7 Å². The van der Waals surface area contributed by atoms with Crippen molar-refractivity contribution in [2.45, 2.75) is 30.1 Å². The second-order valence-corrected chi connectivity index (χ2v) is 7.31. The number of hydrogen-bond acceptors (Lipinski definition) is 6. The van der Waals surface area contributed by atoms with Gasteiger partial charge in [0.05, 0.1) is 12.1 Å². The summed E-state index contributed by atoms with van der Waals surface area (Å²) < 4.78 is 0.937. The van der Waals surface area contributed by atoms with Crippen LogP contribution in [0.4, 0.5) is 0 Å². The van der Waals surface area contributed by atoms with Gasteiger partial charge in [-0.2, -0.15) is 11.8 Å². The van der Waals surface area contributed by atoms with Crippen LogP contribution in [-0.4, -0.2) is 45.8 Å². The van der Waals surface area contributed by atoms with Gasteiger partial charge in [0.25, 0.3) is 0 Å². The lowest BCUT2D eigenvalue weighted by Gasteiger charge is -2.13. The summed E-state index contributed by atoms with van der Waals surface area (Å²) in [5, 5.41) is 13.4. The monoisotopic (exact) mass is 334 g/mol. The highest BCUT2D eigenvalue weighted by atomic mass is 32.2. The third kappa shape index (κ3) is 6.15. The number of nitrogens with zero attached hydrogens (tertiary/aromatic N) is 1. The first-order valence-corrected chi connectivity index (χ1v) is 9.41. The Labute approximate surface area is 130 Å². The van der Waals surface area contributed by atoms with Crippen LogP contribution in [-0.2, 0) is 16.0 Å². The Balaban J connectivity index is 2.49. The lowest BCUT2D eigenvalue weighted by Crippen LogP contribution is -2.41. The topological polar surface area (TPSA) is 79.3 Å². The second-order valence-electron chi connectivity index (χ2n) is 3.95. The zero-order valence-electron chi connectivity index (χ0n) is 11.4. The summed E-state index contributed by atoms with van der Waals surface area (Å²) in [4.78, 5) is 27.2. The number of rotatable bonds is 9. The number of carboxylic acids is 1. The van der Waals surface area contributed by atoms with Crippen LogP contribution < -0.4 is 5.32 Å². The molecule has 1 atom stereocenters. The van der Waals surface area contributed by atoms with Crippen LogP contribution in [0.15, 0.2) is 9.72 Å². The van der Waals surface area contributed by atoms with Crippen molar-refractivity contribution in [3.8, 4) is 0 Å². The molecule has 0 saturated heterocycles. The maximum Gasteiger partial charge on any atom is 0.326 e. The smallest absolute Gasteiger partial charge is 0.326 e. The second kappa shape index (κ2) is 9.25. The van der Waals surface area contributed by atoms with E-state index in [4.69, 9.17) is 5.11 Å². The minimum absolute atomic E-state index is 0.129. The highest BCUT2D eigenvalue weighted by Gasteiger charge is 2.19. The van der Waals surface area contributed by atoms with E-state index in [0.29, 0.717) is 17.9 Å². The van der Waals surface area contributed by atoms with Gasteiger partial charge in [0.1, 0.15) is 10.4 Å². The van der Waals surface area contributed by atoms with E-state index in [9.17, 15) is 9.59 Å². The lowest BCUT2D eigenvalue weighted by atomic mass is 10.2. The van der Waals surface area contributed by atoms with Crippen LogP contribution in [0.2, 0.25) is 0 Å². The number of thioether (sulfide) groups is 2. The van der Waals surface area contributed by atoms with Crippen molar-refractivity contribution >= 4 is 46.7 Å². The summed E-state index contributed by atoms with van der Waals surface area (Å²) in [6, 6.07) is -0.821. The zero-order chi connectivity index (χ0) is 15.0. The number of carbonyl (C=O) groups is 2. The lowest BCUT2D eigenvalue weighted by molar-refractivity contribution is -0.141. The van der Waals surface area contributed by atoms with E-state index in [1.54, 1.807) is 23.5 Å². The molecule has 0 unspecified atom stereocenters. The Hall–Kier alpha value is -0.730. The standard InChI is InChI=1S/C12H18N2O3S3/c1-3-19-12-13-8(7-20-12)6-10(15)14-9(11(16)17)4-5-18-2/h7,9H,3-6H2,1-2H3,(H,14,15)(H,16,17)/t9-/m1/s1. The zero-order valence-corrected chi connectivity index (χ0v) is 13.9. The summed E-state index contributed by atoms with van der Waals surface area (Å²) in [5.74, 6) is 0.352. The minimum Gasteiger partial charge on any atom is -0.480 e. The minimum atomic E-state index is -0.993. The van der Waals surface area contributed by atoms with E-state index in [-0.39, 0.29) is 12.3 Å². The summed E-state index contributed by atoms with van der Waals surface area (Å²) >= 11 is 4.70. The largest absolute Gasteiger partial charge is 0.480 e. The van der Waals surface area contributed by atoms with Crippen LogP contribution in [0, 0.1) is 0 Å². The number of hydrogen-bond donors (Lipinski definition) is 2. The Morgan fingerprint density at radius 2 is 2.30 bits per heavy atom. The molecule has 0 aliphatic heterocycles. The summed E-state index contributed by atoms with van der Waals surface area (Å²) in [6.45, 7) is 2.04. The molecule has 2 N–H and O–H groups in total. The Morgan fingerprint density at radius 1 is 1.55 bits per heavy atom. The summed E-state index contributed by atoms with van der Waals surface area (Å²) in [7, 11) is 0. The molecular formula is C12H18N2O3S3. The maximum atomic E-state index is 11.8. The highest BCUT2D eigenvalue weighted by molar-refractivity contribution is 8.00. The average molecular weight is 334 g/mol. The fraction of sp³-hybridized carbons (Fsp3) is 0.583. The molecule has 0 aromatic carbocycles. The number of carboxylic acid groups (broad SMARTS) is 1. The number of amides is 1. The maximum absolute atomic E-state index is 11.8. The first-order chi connectivity index (χ1) is 9.56. The van der Waals surface area contributed by atoms with E-state index in [1.165, 1.54) is 11.3 Å². The van der Waals surface area contributed by atoms with Crippen LogP contribution in [0.25, 0.3) is 0 Å². The summed E-state index contributed by atoms with van der Waals surface area (Å²) in [5.41, 5.74) is 0.692. The molecule has 0 aliphatic carbocycles. The van der Waals surface area contributed by atoms with Crippen LogP contribution in [0.3, 0.4) is 0 Å². The molecule has 0 fully saturated rings. The Morgan fingerprint density at radius 3 is 2.90 bits per heavy atom. The number of thiazole rings is 1. The quantitative estimate of drug-likeness (QED) is 0.674. The third-order valence-corrected chi connectivity index (χ3v) is 4.98. The number of aromatic nitrogens is 1. The van der Waals surface area contributed by atoms with Gasteiger partial charge in [0, 0.05) is 5.38 Å². The molecule has 20 heavy (non-hydrogen) atoms. The van der Waals surface area contributed by atoms with E-state index < -0.39 is 12.0 Å². The van der Waals surface area contributed by atoms with Crippen molar-refractivity contribution in [2.75, 3.05) is 17.8 Å². The average Bonchev–Trinajstić information content (AvgIpc) is 2.82. The van der Waals surface area contributed by atoms with Gasteiger partial charge in [-0.05, 0) is 24.2 Å². The van der Waals surface area contributed by atoms with Crippen molar-refractivity contribution in [2.24, 2.45) is 0 Å². The molecule has 0 radical (unpaired) electrons. The van der Waals surface area contributed by atoms with Gasteiger partial charge in [0.2, 0.25) is 5.91 Å². The molecule has 8 heteroatoms. The molecule has 5 nitrogen and oxygen atoms in total. The molecule has 1 aromatic rings. The van der Waals surface area contributed by atoms with Crippen molar-refractivity contribution in [3.05, 3.63) is 11.1 Å². The molecule has 1 rings (SSSR count). The first-order valence-electron chi connectivity index (χ1n) is 6.15. The molecule has 1 aromatic heterocycles. The van der Waals surface area contributed by atoms with Gasteiger partial charge in [-0.3, -0.25) is 4.79 Å². The number of carbonyl (C=O) groups excluding carboxylic acids is 1. The van der Waals surface area contributed by atoms with Crippen molar-refractivity contribution < 1.29 is 14.7 Å². The fourth-order valence-electron chi connectivity index (χ4n) is 1.46. The molecule has 0 bridgehead atoms. The molecule has 112 valence electrons. The molecule has 0 aliphatic rings. The van der Waals surface area contributed by atoms with Crippen molar-refractivity contribution in [3.63, 3.8) is 0 Å². The van der Waals surface area contributed by atoms with Crippen molar-refractivity contribution in [1.82, 2.24) is 10.3 Å². The molecule has 1 amide bonds. The first kappa shape index (κ1) is 17.3. The molecular weight excluding hydrogens is 316 g/mol. The third-order valence-electron chi connectivity index (χ3n) is 2.38. The van der Waals surface area contributed by atoms with Gasteiger partial charge in [0.15, 0.2) is 0 Å². The molecule has 1 heterocycles. The van der Waals surface area contributed by atoms with Crippen LogP contribution >= 0.6 is 34.9 Å². The van der Waals surface area contributed by atoms with Gasteiger partial charge < -0.3 is 10.4 Å². The highest BCUT2D eigenvalue weighted by Crippen LogP contribution is 2.22. The van der Waals surface area contributed by atoms with Crippen LogP contribution in [0.1, 0.15) is 19.0 Å². The SMILES string of the molecule is CCSc1nc(CC(=O)N[C@H](CCSC)C(=O)O)cs1. The van der Waals surface area contributed by atoms with Gasteiger partial charge >= 0.3 is 5.97 Å². The number of aliphatic carboxylic acids is 1. The van der Waals surface area contributed by atoms with E-state index in [2.05, 4.69) is 10.3 Å². The van der Waals surface area contributed by atoms with E-state index in [1.807, 2.05) is 18.6 Å². The van der Waals surface area contributed by atoms with E-state index >= 15 is 0 Å². The Kier molecular flexibility index (Phi) is 8.01. The Bertz CT molecular complexity index is 451. The van der Waals surface area contributed by atoms with Gasteiger partial charge in [-0.25, -0.2) is 9.78 Å². The van der Waals surface area contributed by atoms with Crippen molar-refractivity contribution in [1.29, 1.82) is 0 Å². The molecule has 0 spiro atoms. The summed E-state index contributed by atoms with van der Waals surface area (Å²) in [6.07, 6.45) is 2.46.